The number of rotatable bonds is 5. The van der Waals surface area contributed by atoms with E-state index in [4.69, 9.17) is 5.73 Å². The van der Waals surface area contributed by atoms with Crippen LogP contribution in [0.25, 0.3) is 0 Å². The molecule has 3 N–H and O–H groups in total. The van der Waals surface area contributed by atoms with E-state index in [0.717, 1.165) is 10.0 Å². The van der Waals surface area contributed by atoms with Crippen molar-refractivity contribution in [3.05, 3.63) is 57.8 Å². The summed E-state index contributed by atoms with van der Waals surface area (Å²) in [5.41, 5.74) is 7.09. The molecule has 1 aromatic carbocycles. The summed E-state index contributed by atoms with van der Waals surface area (Å²) < 4.78 is 2.73. The Morgan fingerprint density at radius 1 is 1.33 bits per heavy atom. The van der Waals surface area contributed by atoms with E-state index < -0.39 is 5.91 Å². The second kappa shape index (κ2) is 6.58. The summed E-state index contributed by atoms with van der Waals surface area (Å²) in [4.78, 5) is 23.3. The summed E-state index contributed by atoms with van der Waals surface area (Å²) in [6, 6.07) is 8.68. The number of primary amides is 1. The van der Waals surface area contributed by atoms with Crippen LogP contribution >= 0.6 is 15.9 Å². The molecule has 0 saturated heterocycles. The van der Waals surface area contributed by atoms with E-state index in [1.54, 1.807) is 24.3 Å². The average Bonchev–Trinajstić information content (AvgIpc) is 2.86. The second-order valence-electron chi connectivity index (χ2n) is 4.58. The Bertz CT molecular complexity index is 679. The van der Waals surface area contributed by atoms with Gasteiger partial charge in [0, 0.05) is 29.3 Å². The number of aryl methyl sites for hydroxylation is 1. The molecule has 0 aliphatic rings. The molecule has 0 aliphatic carbocycles. The standard InChI is InChI=1S/C15H16BrN3O2/c1-2-19-9-12(16)7-13(19)15(21)18-8-10-4-3-5-11(6-10)14(17)20/h3-7,9H,2,8H2,1H3,(H2,17,20)(H,18,21). The predicted octanol–water partition coefficient (Wildman–Crippen LogP) is 2.30. The second-order valence-corrected chi connectivity index (χ2v) is 5.49. The van der Waals surface area contributed by atoms with E-state index >= 15 is 0 Å². The third-order valence-corrected chi connectivity index (χ3v) is 3.53. The van der Waals surface area contributed by atoms with Crippen molar-refractivity contribution >= 4 is 27.7 Å². The lowest BCUT2D eigenvalue weighted by molar-refractivity contribution is 0.0941. The van der Waals surface area contributed by atoms with Gasteiger partial charge in [0.05, 0.1) is 0 Å². The fourth-order valence-corrected chi connectivity index (χ4v) is 2.50. The molecule has 2 rings (SSSR count). The van der Waals surface area contributed by atoms with Crippen LogP contribution in [0.4, 0.5) is 0 Å². The van der Waals surface area contributed by atoms with E-state index in [1.165, 1.54) is 0 Å². The largest absolute Gasteiger partial charge is 0.366 e. The van der Waals surface area contributed by atoms with Gasteiger partial charge in [0.15, 0.2) is 0 Å². The number of amides is 2. The molecule has 0 atom stereocenters. The molecule has 0 unspecified atom stereocenters. The summed E-state index contributed by atoms with van der Waals surface area (Å²) in [6.45, 7) is 3.03. The van der Waals surface area contributed by atoms with Crippen molar-refractivity contribution in [2.45, 2.75) is 20.0 Å². The Labute approximate surface area is 131 Å². The molecule has 1 aromatic heterocycles. The molecule has 0 aliphatic heterocycles. The minimum Gasteiger partial charge on any atom is -0.366 e. The van der Waals surface area contributed by atoms with Crippen LogP contribution in [0, 0.1) is 0 Å². The van der Waals surface area contributed by atoms with Crippen molar-refractivity contribution < 1.29 is 9.59 Å². The number of nitrogens with one attached hydrogen (secondary N) is 1. The third kappa shape index (κ3) is 3.72. The first-order valence-corrected chi connectivity index (χ1v) is 7.33. The molecule has 1 heterocycles. The highest BCUT2D eigenvalue weighted by molar-refractivity contribution is 9.10. The first-order chi connectivity index (χ1) is 10.0. The lowest BCUT2D eigenvalue weighted by Gasteiger charge is -2.08. The summed E-state index contributed by atoms with van der Waals surface area (Å²) in [5, 5.41) is 2.84. The van der Waals surface area contributed by atoms with Crippen LogP contribution in [0.2, 0.25) is 0 Å². The Morgan fingerprint density at radius 3 is 2.76 bits per heavy atom. The van der Waals surface area contributed by atoms with Gasteiger partial charge in [0.2, 0.25) is 5.91 Å². The Kier molecular flexibility index (Phi) is 4.80. The highest BCUT2D eigenvalue weighted by Crippen LogP contribution is 2.15. The number of benzene rings is 1. The molecule has 0 bridgehead atoms. The van der Waals surface area contributed by atoms with Crippen molar-refractivity contribution in [2.24, 2.45) is 5.73 Å². The molecule has 6 heteroatoms. The van der Waals surface area contributed by atoms with E-state index in [2.05, 4.69) is 21.2 Å². The summed E-state index contributed by atoms with van der Waals surface area (Å²) >= 11 is 3.36. The number of carbonyl (C=O) groups excluding carboxylic acids is 2. The topological polar surface area (TPSA) is 77.1 Å². The van der Waals surface area contributed by atoms with Crippen molar-refractivity contribution in [1.82, 2.24) is 9.88 Å². The number of carbonyl (C=O) groups is 2. The molecular formula is C15H16BrN3O2. The van der Waals surface area contributed by atoms with Crippen LogP contribution in [-0.2, 0) is 13.1 Å². The van der Waals surface area contributed by atoms with Gasteiger partial charge < -0.3 is 15.6 Å². The number of aromatic nitrogens is 1. The van der Waals surface area contributed by atoms with E-state index in [9.17, 15) is 9.59 Å². The maximum atomic E-state index is 12.2. The van der Waals surface area contributed by atoms with Gasteiger partial charge in [0.25, 0.3) is 5.91 Å². The Hall–Kier alpha value is -2.08. The number of hydrogen-bond donors (Lipinski definition) is 2. The van der Waals surface area contributed by atoms with Gasteiger partial charge in [-0.25, -0.2) is 0 Å². The minimum absolute atomic E-state index is 0.160. The number of nitrogens with two attached hydrogens (primary N) is 1. The van der Waals surface area contributed by atoms with Crippen molar-refractivity contribution in [2.75, 3.05) is 0 Å². The van der Waals surface area contributed by atoms with E-state index in [1.807, 2.05) is 23.8 Å². The fraction of sp³-hybridized carbons (Fsp3) is 0.200. The van der Waals surface area contributed by atoms with Crippen molar-refractivity contribution in [3.8, 4) is 0 Å². The highest BCUT2D eigenvalue weighted by atomic mass is 79.9. The smallest absolute Gasteiger partial charge is 0.268 e. The van der Waals surface area contributed by atoms with Gasteiger partial charge in [-0.1, -0.05) is 12.1 Å². The molecule has 0 spiro atoms. The molecule has 110 valence electrons. The fourth-order valence-electron chi connectivity index (χ4n) is 2.03. The van der Waals surface area contributed by atoms with E-state index in [0.29, 0.717) is 24.3 Å². The zero-order valence-corrected chi connectivity index (χ0v) is 13.2. The quantitative estimate of drug-likeness (QED) is 0.868. The normalized spacial score (nSPS) is 10.4. The van der Waals surface area contributed by atoms with Crippen LogP contribution in [0.5, 0.6) is 0 Å². The van der Waals surface area contributed by atoms with Crippen LogP contribution in [-0.4, -0.2) is 16.4 Å². The Morgan fingerprint density at radius 2 is 2.10 bits per heavy atom. The lowest BCUT2D eigenvalue weighted by Crippen LogP contribution is -2.25. The van der Waals surface area contributed by atoms with Crippen LogP contribution in [0.1, 0.15) is 33.3 Å². The molecule has 2 aromatic rings. The maximum absolute atomic E-state index is 12.2. The molecular weight excluding hydrogens is 334 g/mol. The summed E-state index contributed by atoms with van der Waals surface area (Å²) in [7, 11) is 0. The molecule has 21 heavy (non-hydrogen) atoms. The summed E-state index contributed by atoms with van der Waals surface area (Å²) in [5.74, 6) is -0.640. The number of nitrogens with zero attached hydrogens (tertiary/aromatic N) is 1. The van der Waals surface area contributed by atoms with Crippen LogP contribution in [0.3, 0.4) is 0 Å². The van der Waals surface area contributed by atoms with Gasteiger partial charge in [0.1, 0.15) is 5.69 Å². The molecule has 0 radical (unpaired) electrons. The van der Waals surface area contributed by atoms with Crippen molar-refractivity contribution in [3.63, 3.8) is 0 Å². The minimum atomic E-state index is -0.480. The molecule has 2 amide bonds. The highest BCUT2D eigenvalue weighted by Gasteiger charge is 2.12. The zero-order valence-electron chi connectivity index (χ0n) is 11.6. The Balaban J connectivity index is 2.07. The van der Waals surface area contributed by atoms with Gasteiger partial charge in [-0.3, -0.25) is 9.59 Å². The first-order valence-electron chi connectivity index (χ1n) is 6.54. The predicted molar refractivity (Wildman–Crippen MR) is 83.9 cm³/mol. The van der Waals surface area contributed by atoms with Crippen molar-refractivity contribution in [1.29, 1.82) is 0 Å². The number of halogens is 1. The van der Waals surface area contributed by atoms with Gasteiger partial charge >= 0.3 is 0 Å². The van der Waals surface area contributed by atoms with Crippen LogP contribution in [0.15, 0.2) is 41.0 Å². The van der Waals surface area contributed by atoms with Gasteiger partial charge in [-0.15, -0.1) is 0 Å². The maximum Gasteiger partial charge on any atom is 0.268 e. The van der Waals surface area contributed by atoms with E-state index in [-0.39, 0.29) is 5.91 Å². The zero-order chi connectivity index (χ0) is 15.4. The lowest BCUT2D eigenvalue weighted by atomic mass is 10.1. The summed E-state index contributed by atoms with van der Waals surface area (Å²) in [6.07, 6.45) is 1.86. The van der Waals surface area contributed by atoms with Gasteiger partial charge in [-0.05, 0) is 46.6 Å². The monoisotopic (exact) mass is 349 g/mol. The number of hydrogen-bond acceptors (Lipinski definition) is 2. The SMILES string of the molecule is CCn1cc(Br)cc1C(=O)NCc1cccc(C(N)=O)c1. The third-order valence-electron chi connectivity index (χ3n) is 3.10. The molecule has 0 saturated carbocycles. The van der Waals surface area contributed by atoms with Crippen LogP contribution < -0.4 is 11.1 Å². The molecule has 5 nitrogen and oxygen atoms in total. The molecule has 0 fully saturated rings. The average molecular weight is 350 g/mol. The van der Waals surface area contributed by atoms with Gasteiger partial charge in [-0.2, -0.15) is 0 Å². The first kappa shape index (κ1) is 15.3.